The van der Waals surface area contributed by atoms with E-state index in [1.807, 2.05) is 14.0 Å². The predicted molar refractivity (Wildman–Crippen MR) is 77.2 cm³/mol. The van der Waals surface area contributed by atoms with Crippen molar-refractivity contribution in [3.63, 3.8) is 0 Å². The summed E-state index contributed by atoms with van der Waals surface area (Å²) in [5.41, 5.74) is 0. The van der Waals surface area contributed by atoms with Gasteiger partial charge in [0.2, 0.25) is 0 Å². The molecule has 0 aromatic heterocycles. The van der Waals surface area contributed by atoms with Crippen LogP contribution in [0.4, 0.5) is 0 Å². The Balaban J connectivity index is 2.40. The topological polar surface area (TPSA) is 44.8 Å². The molecule has 19 heavy (non-hydrogen) atoms. The van der Waals surface area contributed by atoms with Crippen LogP contribution >= 0.6 is 0 Å². The maximum absolute atomic E-state index is 11.7. The molecule has 1 rings (SSSR count). The summed E-state index contributed by atoms with van der Waals surface area (Å²) >= 11 is 0. The zero-order valence-electron chi connectivity index (χ0n) is 13.0. The lowest BCUT2D eigenvalue weighted by Crippen LogP contribution is -2.55. The van der Waals surface area contributed by atoms with Crippen LogP contribution in [-0.2, 0) is 9.53 Å². The van der Waals surface area contributed by atoms with Crippen molar-refractivity contribution in [2.24, 2.45) is 0 Å². The van der Waals surface area contributed by atoms with Gasteiger partial charge in [-0.15, -0.1) is 0 Å². The molecule has 5 heteroatoms. The number of carbonyl (C=O) groups is 1. The minimum Gasteiger partial charge on any atom is -0.465 e. The van der Waals surface area contributed by atoms with E-state index in [1.165, 1.54) is 0 Å². The fraction of sp³-hybridized carbons (Fsp3) is 0.929. The second-order valence-electron chi connectivity index (χ2n) is 5.51. The van der Waals surface area contributed by atoms with E-state index in [1.54, 1.807) is 0 Å². The number of esters is 1. The fourth-order valence-corrected chi connectivity index (χ4v) is 2.63. The number of hydrogen-bond acceptors (Lipinski definition) is 5. The summed E-state index contributed by atoms with van der Waals surface area (Å²) in [5.74, 6) is -0.139. The average molecular weight is 271 g/mol. The zero-order valence-corrected chi connectivity index (χ0v) is 13.0. The summed E-state index contributed by atoms with van der Waals surface area (Å²) < 4.78 is 5.07. The first-order chi connectivity index (χ1) is 8.99. The molecule has 5 nitrogen and oxygen atoms in total. The van der Waals surface area contributed by atoms with Gasteiger partial charge >= 0.3 is 5.97 Å². The van der Waals surface area contributed by atoms with Crippen LogP contribution in [0, 0.1) is 0 Å². The Morgan fingerprint density at radius 3 is 2.42 bits per heavy atom. The van der Waals surface area contributed by atoms with E-state index in [0.29, 0.717) is 18.7 Å². The smallest absolute Gasteiger partial charge is 0.323 e. The molecule has 0 bridgehead atoms. The minimum absolute atomic E-state index is 0.139. The fourth-order valence-electron chi connectivity index (χ4n) is 2.63. The Morgan fingerprint density at radius 2 is 1.95 bits per heavy atom. The lowest BCUT2D eigenvalue weighted by atomic mass is 10.1. The summed E-state index contributed by atoms with van der Waals surface area (Å²) in [6.07, 6.45) is 0.804. The normalized spacial score (nSPS) is 27.2. The van der Waals surface area contributed by atoms with E-state index >= 15 is 0 Å². The molecule has 0 saturated carbocycles. The van der Waals surface area contributed by atoms with E-state index in [4.69, 9.17) is 4.74 Å². The van der Waals surface area contributed by atoms with Crippen molar-refractivity contribution in [3.8, 4) is 0 Å². The molecular weight excluding hydrogens is 242 g/mol. The summed E-state index contributed by atoms with van der Waals surface area (Å²) in [6.45, 7) is 9.87. The van der Waals surface area contributed by atoms with Crippen molar-refractivity contribution in [2.75, 3.05) is 40.3 Å². The van der Waals surface area contributed by atoms with Crippen LogP contribution in [0.3, 0.4) is 0 Å². The Labute approximate surface area is 117 Å². The summed E-state index contributed by atoms with van der Waals surface area (Å²) in [6, 6.07) is 0.948. The predicted octanol–water partition coefficient (Wildman–Crippen LogP) is 0.552. The molecule has 0 radical (unpaired) electrons. The van der Waals surface area contributed by atoms with E-state index in [2.05, 4.69) is 36.0 Å². The molecule has 0 aliphatic carbocycles. The number of piperazine rings is 1. The first-order valence-corrected chi connectivity index (χ1v) is 7.27. The van der Waals surface area contributed by atoms with Crippen LogP contribution in [0.2, 0.25) is 0 Å². The number of ether oxygens (including phenoxy) is 1. The molecule has 3 unspecified atom stereocenters. The Bertz CT molecular complexity index is 274. The van der Waals surface area contributed by atoms with Crippen LogP contribution in [0.5, 0.6) is 0 Å². The molecule has 1 aliphatic heterocycles. The van der Waals surface area contributed by atoms with Gasteiger partial charge in [-0.3, -0.25) is 9.69 Å². The van der Waals surface area contributed by atoms with Crippen LogP contribution < -0.4 is 5.32 Å². The third-order valence-corrected chi connectivity index (χ3v) is 4.09. The van der Waals surface area contributed by atoms with Crippen molar-refractivity contribution in [2.45, 2.75) is 45.3 Å². The summed E-state index contributed by atoms with van der Waals surface area (Å²) in [4.78, 5) is 16.6. The van der Waals surface area contributed by atoms with Crippen LogP contribution in [0.15, 0.2) is 0 Å². The molecule has 0 aromatic rings. The second kappa shape index (κ2) is 7.82. The largest absolute Gasteiger partial charge is 0.465 e. The third kappa shape index (κ3) is 4.75. The van der Waals surface area contributed by atoms with Gasteiger partial charge in [-0.2, -0.15) is 0 Å². The van der Waals surface area contributed by atoms with Crippen molar-refractivity contribution in [1.29, 1.82) is 0 Å². The van der Waals surface area contributed by atoms with Crippen LogP contribution in [-0.4, -0.2) is 74.2 Å². The van der Waals surface area contributed by atoms with E-state index < -0.39 is 0 Å². The average Bonchev–Trinajstić information content (AvgIpc) is 2.37. The summed E-state index contributed by atoms with van der Waals surface area (Å²) in [5, 5.41) is 3.05. The zero-order chi connectivity index (χ0) is 14.4. The van der Waals surface area contributed by atoms with Crippen LogP contribution in [0.25, 0.3) is 0 Å². The third-order valence-electron chi connectivity index (χ3n) is 4.09. The quantitative estimate of drug-likeness (QED) is 0.715. The highest BCUT2D eigenvalue weighted by Gasteiger charge is 2.27. The van der Waals surface area contributed by atoms with Gasteiger partial charge in [-0.05, 0) is 41.3 Å². The van der Waals surface area contributed by atoms with Gasteiger partial charge < -0.3 is 15.0 Å². The molecule has 1 fully saturated rings. The standard InChI is InChI=1S/C14H29N3O2/c1-6-19-14(18)13(15-4)7-8-17-9-11(2)16(5)12(3)10-17/h11-13,15H,6-10H2,1-5H3. The number of likely N-dealkylation sites (N-methyl/N-ethyl adjacent to an activating group) is 2. The maximum atomic E-state index is 11.7. The van der Waals surface area contributed by atoms with Crippen molar-refractivity contribution >= 4 is 5.97 Å². The van der Waals surface area contributed by atoms with Gasteiger partial charge in [0, 0.05) is 31.7 Å². The number of nitrogens with one attached hydrogen (secondary N) is 1. The highest BCUT2D eigenvalue weighted by Crippen LogP contribution is 2.13. The highest BCUT2D eigenvalue weighted by molar-refractivity contribution is 5.75. The Morgan fingerprint density at radius 1 is 1.37 bits per heavy atom. The Kier molecular flexibility index (Phi) is 6.75. The lowest BCUT2D eigenvalue weighted by Gasteiger charge is -2.42. The van der Waals surface area contributed by atoms with Crippen molar-refractivity contribution in [1.82, 2.24) is 15.1 Å². The number of rotatable bonds is 6. The molecule has 0 amide bonds. The molecule has 0 aromatic carbocycles. The molecule has 1 N–H and O–H groups in total. The first kappa shape index (κ1) is 16.4. The van der Waals surface area contributed by atoms with Gasteiger partial charge in [0.1, 0.15) is 6.04 Å². The van der Waals surface area contributed by atoms with E-state index in [0.717, 1.165) is 26.1 Å². The molecule has 112 valence electrons. The first-order valence-electron chi connectivity index (χ1n) is 7.27. The van der Waals surface area contributed by atoms with Gasteiger partial charge in [0.05, 0.1) is 6.61 Å². The molecule has 1 aliphatic rings. The molecule has 3 atom stereocenters. The van der Waals surface area contributed by atoms with Gasteiger partial charge in [0.15, 0.2) is 0 Å². The minimum atomic E-state index is -0.190. The van der Waals surface area contributed by atoms with Crippen molar-refractivity contribution in [3.05, 3.63) is 0 Å². The monoisotopic (exact) mass is 271 g/mol. The molecule has 0 spiro atoms. The van der Waals surface area contributed by atoms with E-state index in [-0.39, 0.29) is 12.0 Å². The Hall–Kier alpha value is -0.650. The molecular formula is C14H29N3O2. The summed E-state index contributed by atoms with van der Waals surface area (Å²) in [7, 11) is 4.00. The molecule has 1 heterocycles. The molecule has 1 saturated heterocycles. The second-order valence-corrected chi connectivity index (χ2v) is 5.51. The maximum Gasteiger partial charge on any atom is 0.323 e. The van der Waals surface area contributed by atoms with E-state index in [9.17, 15) is 4.79 Å². The number of carbonyl (C=O) groups excluding carboxylic acids is 1. The van der Waals surface area contributed by atoms with Crippen LogP contribution in [0.1, 0.15) is 27.2 Å². The SMILES string of the molecule is CCOC(=O)C(CCN1CC(C)N(C)C(C)C1)NC. The van der Waals surface area contributed by atoms with Crippen molar-refractivity contribution < 1.29 is 9.53 Å². The lowest BCUT2D eigenvalue weighted by molar-refractivity contribution is -0.145. The number of nitrogens with zero attached hydrogens (tertiary/aromatic N) is 2. The van der Waals surface area contributed by atoms with Gasteiger partial charge in [-0.1, -0.05) is 0 Å². The highest BCUT2D eigenvalue weighted by atomic mass is 16.5. The number of hydrogen-bond donors (Lipinski definition) is 1. The van der Waals surface area contributed by atoms with Gasteiger partial charge in [0.25, 0.3) is 0 Å². The van der Waals surface area contributed by atoms with Gasteiger partial charge in [-0.25, -0.2) is 0 Å².